The van der Waals surface area contributed by atoms with Crippen molar-refractivity contribution < 1.29 is 19.1 Å². The summed E-state index contributed by atoms with van der Waals surface area (Å²) < 4.78 is 13.6. The first-order valence-electron chi connectivity index (χ1n) is 5.41. The maximum absolute atomic E-state index is 13.6. The van der Waals surface area contributed by atoms with Crippen molar-refractivity contribution in [2.75, 3.05) is 5.32 Å². The molecule has 1 amide bonds. The van der Waals surface area contributed by atoms with Crippen LogP contribution in [0.1, 0.15) is 20.7 Å². The lowest BCUT2D eigenvalue weighted by atomic mass is 10.2. The molecular formula is C12H6Cl2FN3O3. The van der Waals surface area contributed by atoms with E-state index in [0.29, 0.717) is 0 Å². The summed E-state index contributed by atoms with van der Waals surface area (Å²) >= 11 is 11.3. The SMILES string of the molecule is O=C(O)c1ccc(F)c(NC(=O)c2cc(Cl)nnc2Cl)c1. The molecule has 0 aliphatic rings. The molecular weight excluding hydrogens is 324 g/mol. The Balaban J connectivity index is 2.33. The van der Waals surface area contributed by atoms with Gasteiger partial charge in [-0.1, -0.05) is 23.2 Å². The zero-order valence-corrected chi connectivity index (χ0v) is 11.6. The lowest BCUT2D eigenvalue weighted by molar-refractivity contribution is 0.0696. The molecule has 0 atom stereocenters. The molecule has 2 N–H and O–H groups in total. The summed E-state index contributed by atoms with van der Waals surface area (Å²) in [5.74, 6) is -2.84. The molecule has 0 radical (unpaired) electrons. The van der Waals surface area contributed by atoms with E-state index >= 15 is 0 Å². The smallest absolute Gasteiger partial charge is 0.335 e. The monoisotopic (exact) mass is 329 g/mol. The molecule has 9 heteroatoms. The summed E-state index contributed by atoms with van der Waals surface area (Å²) in [6.07, 6.45) is 0. The Morgan fingerprint density at radius 1 is 1.19 bits per heavy atom. The first kappa shape index (κ1) is 15.1. The number of nitrogens with zero attached hydrogens (tertiary/aromatic N) is 2. The van der Waals surface area contributed by atoms with Crippen LogP contribution in [-0.4, -0.2) is 27.2 Å². The number of aromatic carboxylic acids is 1. The highest BCUT2D eigenvalue weighted by molar-refractivity contribution is 6.34. The summed E-state index contributed by atoms with van der Waals surface area (Å²) in [7, 11) is 0. The van der Waals surface area contributed by atoms with E-state index in [2.05, 4.69) is 15.5 Å². The van der Waals surface area contributed by atoms with Gasteiger partial charge in [0.2, 0.25) is 0 Å². The van der Waals surface area contributed by atoms with Crippen molar-refractivity contribution in [3.05, 3.63) is 51.5 Å². The summed E-state index contributed by atoms with van der Waals surface area (Å²) in [6, 6.07) is 4.15. The molecule has 21 heavy (non-hydrogen) atoms. The van der Waals surface area contributed by atoms with Gasteiger partial charge in [-0.2, -0.15) is 0 Å². The van der Waals surface area contributed by atoms with Gasteiger partial charge >= 0.3 is 5.97 Å². The number of amides is 1. The van der Waals surface area contributed by atoms with E-state index in [1.54, 1.807) is 0 Å². The third kappa shape index (κ3) is 3.45. The van der Waals surface area contributed by atoms with E-state index < -0.39 is 17.7 Å². The van der Waals surface area contributed by atoms with E-state index in [-0.39, 0.29) is 27.1 Å². The number of aromatic nitrogens is 2. The summed E-state index contributed by atoms with van der Waals surface area (Å²) in [4.78, 5) is 22.8. The molecule has 0 bridgehead atoms. The predicted molar refractivity (Wildman–Crippen MR) is 73.4 cm³/mol. The second-order valence-corrected chi connectivity index (χ2v) is 4.57. The molecule has 0 aliphatic heterocycles. The van der Waals surface area contributed by atoms with Crippen LogP contribution in [-0.2, 0) is 0 Å². The summed E-state index contributed by atoms with van der Waals surface area (Å²) in [5, 5.41) is 17.6. The number of rotatable bonds is 3. The highest BCUT2D eigenvalue weighted by Crippen LogP contribution is 2.20. The molecule has 1 heterocycles. The van der Waals surface area contributed by atoms with E-state index in [1.165, 1.54) is 0 Å². The molecule has 2 rings (SSSR count). The fourth-order valence-corrected chi connectivity index (χ4v) is 1.78. The van der Waals surface area contributed by atoms with Gasteiger partial charge in [0, 0.05) is 0 Å². The van der Waals surface area contributed by atoms with Crippen molar-refractivity contribution in [1.29, 1.82) is 0 Å². The largest absolute Gasteiger partial charge is 0.478 e. The summed E-state index contributed by atoms with van der Waals surface area (Å²) in [6.45, 7) is 0. The highest BCUT2D eigenvalue weighted by atomic mass is 35.5. The quantitative estimate of drug-likeness (QED) is 0.903. The van der Waals surface area contributed by atoms with Crippen LogP contribution >= 0.6 is 23.2 Å². The van der Waals surface area contributed by atoms with Crippen molar-refractivity contribution in [3.8, 4) is 0 Å². The topological polar surface area (TPSA) is 92.2 Å². The van der Waals surface area contributed by atoms with Crippen LogP contribution in [0.4, 0.5) is 10.1 Å². The molecule has 0 saturated heterocycles. The normalized spacial score (nSPS) is 10.2. The number of anilines is 1. The Morgan fingerprint density at radius 3 is 2.57 bits per heavy atom. The molecule has 0 saturated carbocycles. The molecule has 108 valence electrons. The van der Waals surface area contributed by atoms with Crippen LogP contribution in [0.2, 0.25) is 10.3 Å². The Hall–Kier alpha value is -2.25. The van der Waals surface area contributed by atoms with Crippen molar-refractivity contribution >= 4 is 40.8 Å². The maximum atomic E-state index is 13.6. The van der Waals surface area contributed by atoms with Crippen LogP contribution in [0.3, 0.4) is 0 Å². The van der Waals surface area contributed by atoms with Gasteiger partial charge in [0.05, 0.1) is 16.8 Å². The third-order valence-electron chi connectivity index (χ3n) is 2.43. The van der Waals surface area contributed by atoms with E-state index in [9.17, 15) is 14.0 Å². The van der Waals surface area contributed by atoms with Crippen LogP contribution < -0.4 is 5.32 Å². The molecule has 6 nitrogen and oxygen atoms in total. The van der Waals surface area contributed by atoms with Gasteiger partial charge in [-0.25, -0.2) is 9.18 Å². The highest BCUT2D eigenvalue weighted by Gasteiger charge is 2.16. The van der Waals surface area contributed by atoms with Crippen LogP contribution in [0.15, 0.2) is 24.3 Å². The number of benzene rings is 1. The van der Waals surface area contributed by atoms with Crippen LogP contribution in [0.5, 0.6) is 0 Å². The van der Waals surface area contributed by atoms with E-state index in [0.717, 1.165) is 24.3 Å². The van der Waals surface area contributed by atoms with Crippen molar-refractivity contribution in [2.24, 2.45) is 0 Å². The van der Waals surface area contributed by atoms with Gasteiger partial charge in [0.1, 0.15) is 5.82 Å². The average molecular weight is 330 g/mol. The Labute approximate surface area is 127 Å². The van der Waals surface area contributed by atoms with Crippen molar-refractivity contribution in [2.45, 2.75) is 0 Å². The minimum absolute atomic E-state index is 0.0655. The number of hydrogen-bond acceptors (Lipinski definition) is 4. The molecule has 0 spiro atoms. The fourth-order valence-electron chi connectivity index (χ4n) is 1.46. The predicted octanol–water partition coefficient (Wildman–Crippen LogP) is 2.87. The number of carboxylic acids is 1. The zero-order valence-electron chi connectivity index (χ0n) is 10.1. The van der Waals surface area contributed by atoms with Crippen molar-refractivity contribution in [1.82, 2.24) is 10.2 Å². The van der Waals surface area contributed by atoms with Gasteiger partial charge in [-0.3, -0.25) is 4.79 Å². The fraction of sp³-hybridized carbons (Fsp3) is 0. The number of nitrogens with one attached hydrogen (secondary N) is 1. The second kappa shape index (κ2) is 6.02. The van der Waals surface area contributed by atoms with Gasteiger partial charge in [0.15, 0.2) is 10.3 Å². The van der Waals surface area contributed by atoms with Gasteiger partial charge < -0.3 is 10.4 Å². The lowest BCUT2D eigenvalue weighted by Crippen LogP contribution is -2.15. The number of carboxylic acid groups (broad SMARTS) is 1. The minimum atomic E-state index is -1.25. The molecule has 0 aliphatic carbocycles. The van der Waals surface area contributed by atoms with Crippen LogP contribution in [0, 0.1) is 5.82 Å². The molecule has 1 aromatic heterocycles. The molecule has 0 fully saturated rings. The third-order valence-corrected chi connectivity index (χ3v) is 2.89. The first-order valence-corrected chi connectivity index (χ1v) is 6.17. The molecule has 2 aromatic rings. The second-order valence-electron chi connectivity index (χ2n) is 3.83. The Morgan fingerprint density at radius 2 is 1.90 bits per heavy atom. The molecule has 1 aromatic carbocycles. The van der Waals surface area contributed by atoms with E-state index in [4.69, 9.17) is 28.3 Å². The Kier molecular flexibility index (Phi) is 4.35. The molecule has 0 unspecified atom stereocenters. The number of halogens is 3. The van der Waals surface area contributed by atoms with Gasteiger partial charge in [0.25, 0.3) is 5.91 Å². The lowest BCUT2D eigenvalue weighted by Gasteiger charge is -2.08. The van der Waals surface area contributed by atoms with Crippen molar-refractivity contribution in [3.63, 3.8) is 0 Å². The number of hydrogen-bond donors (Lipinski definition) is 2. The minimum Gasteiger partial charge on any atom is -0.478 e. The Bertz CT molecular complexity index is 740. The summed E-state index contributed by atoms with van der Waals surface area (Å²) in [5.41, 5.74) is -0.593. The maximum Gasteiger partial charge on any atom is 0.335 e. The first-order chi connectivity index (χ1) is 9.88. The van der Waals surface area contributed by atoms with E-state index in [1.807, 2.05) is 0 Å². The number of carbonyl (C=O) groups is 2. The zero-order chi connectivity index (χ0) is 15.6. The van der Waals surface area contributed by atoms with Gasteiger partial charge in [-0.05, 0) is 24.3 Å². The average Bonchev–Trinajstić information content (AvgIpc) is 2.43. The number of carbonyl (C=O) groups excluding carboxylic acids is 1. The van der Waals surface area contributed by atoms with Crippen LogP contribution in [0.25, 0.3) is 0 Å². The standard InChI is InChI=1S/C12H6Cl2FN3O3/c13-9-4-6(10(14)18-17-9)11(19)16-8-3-5(12(20)21)1-2-7(8)15/h1-4H,(H,16,19)(H,20,21). The van der Waals surface area contributed by atoms with Gasteiger partial charge in [-0.15, -0.1) is 10.2 Å².